The molecule has 9 aromatic rings. The molecule has 14 heteroatoms. The highest BCUT2D eigenvalue weighted by atomic mass is 32.2. The van der Waals surface area contributed by atoms with Crippen molar-refractivity contribution in [1.82, 2.24) is 39.5 Å². The Bertz CT molecular complexity index is 3900. The first-order chi connectivity index (χ1) is 48.2. The van der Waals surface area contributed by atoms with Gasteiger partial charge in [-0.3, -0.25) is 19.9 Å². The van der Waals surface area contributed by atoms with E-state index in [9.17, 15) is 8.42 Å². The van der Waals surface area contributed by atoms with E-state index in [1.807, 2.05) is 134 Å². The lowest BCUT2D eigenvalue weighted by molar-refractivity contribution is 0.393. The molecule has 0 atom stereocenters. The molecule has 7 aromatic heterocycles. The van der Waals surface area contributed by atoms with Crippen LogP contribution in [0.15, 0.2) is 176 Å². The van der Waals surface area contributed by atoms with E-state index in [2.05, 4.69) is 252 Å². The number of hydrogen-bond donors (Lipinski definition) is 0. The van der Waals surface area contributed by atoms with Crippen molar-refractivity contribution in [2.45, 2.75) is 236 Å². The second-order valence-electron chi connectivity index (χ2n) is 37.5. The molecule has 9 rings (SSSR count). The molecule has 0 saturated carbocycles. The fraction of sp³-hybridized carbons (Fsp3) is 0.527. The zero-order valence-electron chi connectivity index (χ0n) is 71.1. The Morgan fingerprint density at radius 2 is 0.943 bits per heavy atom. The van der Waals surface area contributed by atoms with E-state index >= 15 is 0 Å². The minimum Gasteiger partial charge on any atom is -0.495 e. The van der Waals surface area contributed by atoms with E-state index < -0.39 is 9.84 Å². The van der Waals surface area contributed by atoms with Crippen LogP contribution in [0.5, 0.6) is 11.6 Å². The number of methoxy groups -OCH3 is 2. The fourth-order valence-corrected chi connectivity index (χ4v) is 12.2. The molecule has 0 bridgehead atoms. The summed E-state index contributed by atoms with van der Waals surface area (Å²) >= 11 is 0. The summed E-state index contributed by atoms with van der Waals surface area (Å²) in [5.41, 5.74) is 15.9. The van der Waals surface area contributed by atoms with E-state index in [0.29, 0.717) is 55.1 Å². The zero-order chi connectivity index (χ0) is 79.8. The first-order valence-corrected chi connectivity index (χ1v) is 38.9. The molecule has 0 unspecified atom stereocenters. The number of nitrogens with zero attached hydrogens (tertiary/aromatic N) is 9. The molecule has 0 N–H and O–H groups in total. The van der Waals surface area contributed by atoms with Crippen molar-refractivity contribution in [3.8, 4) is 11.6 Å². The van der Waals surface area contributed by atoms with Crippen molar-refractivity contribution < 1.29 is 17.9 Å². The third-order valence-corrected chi connectivity index (χ3v) is 16.9. The Kier molecular flexibility index (Phi) is 37.7. The fourth-order valence-electron chi connectivity index (χ4n) is 10.5. The number of anilines is 1. The Labute approximate surface area is 639 Å². The molecule has 578 valence electrons. The van der Waals surface area contributed by atoms with Crippen molar-refractivity contribution in [3.05, 3.63) is 221 Å². The summed E-state index contributed by atoms with van der Waals surface area (Å²) in [5.74, 6) is 2.73. The highest BCUT2D eigenvalue weighted by molar-refractivity contribution is 7.91. The Morgan fingerprint density at radius 1 is 0.429 bits per heavy atom. The van der Waals surface area contributed by atoms with Gasteiger partial charge >= 0.3 is 0 Å². The monoisotopic (exact) mass is 1450 g/mol. The van der Waals surface area contributed by atoms with Crippen LogP contribution in [0.4, 0.5) is 5.82 Å². The molecule has 0 aliphatic heterocycles. The maximum atomic E-state index is 11.9. The van der Waals surface area contributed by atoms with Gasteiger partial charge in [-0.15, -0.1) is 0 Å². The molecule has 0 aliphatic carbocycles. The van der Waals surface area contributed by atoms with Crippen LogP contribution in [0.1, 0.15) is 223 Å². The van der Waals surface area contributed by atoms with E-state index in [4.69, 9.17) is 9.47 Å². The van der Waals surface area contributed by atoms with Crippen molar-refractivity contribution in [2.75, 3.05) is 39.0 Å². The molecule has 2 aromatic carbocycles. The molecule has 0 fully saturated rings. The summed E-state index contributed by atoms with van der Waals surface area (Å²) in [4.78, 5) is 32.5. The van der Waals surface area contributed by atoms with Gasteiger partial charge in [0.15, 0.2) is 9.84 Å². The van der Waals surface area contributed by atoms with Crippen LogP contribution in [-0.4, -0.2) is 81.9 Å². The zero-order valence-corrected chi connectivity index (χ0v) is 71.9. The average molecular weight is 1460 g/mol. The Balaban J connectivity index is 0.000000408. The molecule has 0 amide bonds. The molecule has 105 heavy (non-hydrogen) atoms. The molecule has 0 aliphatic rings. The smallest absolute Gasteiger partial charge is 0.212 e. The van der Waals surface area contributed by atoms with Gasteiger partial charge in [-0.25, -0.2) is 23.4 Å². The quantitative estimate of drug-likeness (QED) is 0.108. The molecular formula is C91H139N9O4S. The third kappa shape index (κ3) is 45.3. The predicted octanol–water partition coefficient (Wildman–Crippen LogP) is 22.8. The lowest BCUT2D eigenvalue weighted by Crippen LogP contribution is -2.14. The molecule has 0 saturated heterocycles. The van der Waals surface area contributed by atoms with Gasteiger partial charge in [0, 0.05) is 81.0 Å². The molecule has 7 heterocycles. The first-order valence-electron chi connectivity index (χ1n) is 37.2. The molecule has 0 radical (unpaired) electrons. The minimum atomic E-state index is -3.09. The van der Waals surface area contributed by atoms with Crippen LogP contribution < -0.4 is 14.4 Å². The number of hydrogen-bond acceptors (Lipinski definition) is 12. The summed E-state index contributed by atoms with van der Waals surface area (Å²) in [6.45, 7) is 57.2. The normalized spacial score (nSPS) is 11.8. The number of sulfone groups is 1. The van der Waals surface area contributed by atoms with Gasteiger partial charge in [0.05, 0.1) is 48.4 Å². The summed E-state index contributed by atoms with van der Waals surface area (Å²) < 4.78 is 35.9. The number of aryl methyl sites for hydroxylation is 3. The van der Waals surface area contributed by atoms with Crippen LogP contribution in [-0.2, 0) is 61.8 Å². The lowest BCUT2D eigenvalue weighted by atomic mass is 9.88. The van der Waals surface area contributed by atoms with Gasteiger partial charge in [0.25, 0.3) is 0 Å². The second kappa shape index (κ2) is 42.5. The van der Waals surface area contributed by atoms with Crippen molar-refractivity contribution >= 4 is 26.7 Å². The van der Waals surface area contributed by atoms with Gasteiger partial charge in [-0.1, -0.05) is 221 Å². The first kappa shape index (κ1) is 93.2. The number of rotatable bonds is 13. The van der Waals surface area contributed by atoms with Gasteiger partial charge in [0.1, 0.15) is 11.6 Å². The topological polar surface area (TPSA) is 151 Å². The van der Waals surface area contributed by atoms with Crippen LogP contribution in [0.2, 0.25) is 0 Å². The maximum absolute atomic E-state index is 11.9. The van der Waals surface area contributed by atoms with Crippen molar-refractivity contribution in [1.29, 1.82) is 0 Å². The second-order valence-corrected chi connectivity index (χ2v) is 39.6. The van der Waals surface area contributed by atoms with E-state index in [1.165, 1.54) is 44.7 Å². The van der Waals surface area contributed by atoms with Gasteiger partial charge in [-0.2, -0.15) is 0 Å². The van der Waals surface area contributed by atoms with Crippen molar-refractivity contribution in [2.24, 2.45) is 50.4 Å². The largest absolute Gasteiger partial charge is 0.495 e. The Hall–Kier alpha value is -7.84. The van der Waals surface area contributed by atoms with Gasteiger partial charge < -0.3 is 18.9 Å². The number of ether oxygens (including phenoxy) is 2. The summed E-state index contributed by atoms with van der Waals surface area (Å²) in [6, 6.07) is 41.8. The number of imidazole rings is 1. The van der Waals surface area contributed by atoms with Gasteiger partial charge in [-0.05, 0) is 203 Å². The number of aromatic nitrogens is 8. The van der Waals surface area contributed by atoms with Crippen molar-refractivity contribution in [3.63, 3.8) is 0 Å². The molecule has 13 nitrogen and oxygen atoms in total. The summed E-state index contributed by atoms with van der Waals surface area (Å²) in [5, 5.41) is 0. The van der Waals surface area contributed by atoms with Crippen LogP contribution >= 0.6 is 0 Å². The number of benzene rings is 2. The summed E-state index contributed by atoms with van der Waals surface area (Å²) in [6.07, 6.45) is 21.2. The number of fused-ring (bicyclic) bond motifs is 1. The summed E-state index contributed by atoms with van der Waals surface area (Å²) in [7, 11) is 6.24. The molecule has 0 spiro atoms. The average Bonchev–Trinajstić information content (AvgIpc) is 1.71. The lowest BCUT2D eigenvalue weighted by Gasteiger charge is -2.18. The maximum Gasteiger partial charge on any atom is 0.212 e. The van der Waals surface area contributed by atoms with E-state index in [1.54, 1.807) is 44.7 Å². The number of pyridine rings is 6. The SMILES string of the molecule is CC(C)(C)CCS(=O)(=O)c1ccccc1.CC(C)(C)Cc1cccnc1.CN(C)c1ccc(CC(C)(C)C)cn1.COc1ccc(CC(C)(C)C)cn1.COc1ccc(CC(C)(C)C)nc1.Cc1cccc(CC(C)(C)C)n1.Cc1cccnc1CC(C)(C)C.Cn1cnc2ccc(CC(C)(C)C)cc21. The standard InChI is InChI=1S/C13H18N2.C12H20N2.C12H18O2S.2C11H17NO.2C11H17N.C10H15N/c1-13(2,3)8-10-5-6-11-12(7-10)15(4)9-14-11;1-12(2,3)8-10-6-7-11(13-9-10)14(4)5;1-12(2,3)9-10-15(13,14)11-7-5-4-6-8-11;1-11(2,3)7-9-5-6-10(13-4)8-12-9;1-11(2,3)7-9-5-6-10(13-4)12-8-9;1-9-6-5-7-12-10(9)8-11(2,3)4;1-9-6-5-7-10(12-9)8-11(2,3)4;1-10(2,3)7-9-5-4-6-11-8-9/h5-7,9H,8H2,1-4H3;6-7,9H,8H2,1-5H3;4-8H,9-10H2,1-3H3;2*5-6,8H,7H2,1-4H3;2*5-7H,8H2,1-4H3;4-6,8H,7H2,1-3H3. The highest BCUT2D eigenvalue weighted by Gasteiger charge is 2.21. The Morgan fingerprint density at radius 3 is 1.38 bits per heavy atom. The van der Waals surface area contributed by atoms with E-state index in [-0.39, 0.29) is 11.2 Å². The minimum absolute atomic E-state index is 0.0574. The van der Waals surface area contributed by atoms with Crippen LogP contribution in [0, 0.1) is 57.2 Å². The highest BCUT2D eigenvalue weighted by Crippen LogP contribution is 2.28. The van der Waals surface area contributed by atoms with Gasteiger partial charge in [0.2, 0.25) is 5.88 Å². The van der Waals surface area contributed by atoms with Crippen LogP contribution in [0.25, 0.3) is 11.0 Å². The predicted molar refractivity (Wildman–Crippen MR) is 448 cm³/mol. The van der Waals surface area contributed by atoms with E-state index in [0.717, 1.165) is 73.4 Å². The molecular weight excluding hydrogens is 1320 g/mol. The van der Waals surface area contributed by atoms with Crippen LogP contribution in [0.3, 0.4) is 0 Å². The third-order valence-electron chi connectivity index (χ3n) is 15.2.